The number of hydrogen-bond donors (Lipinski definition) is 1. The summed E-state index contributed by atoms with van der Waals surface area (Å²) in [5.74, 6) is 5.69. The fourth-order valence-corrected chi connectivity index (χ4v) is 2.75. The van der Waals surface area contributed by atoms with Crippen LogP contribution in [0.4, 0.5) is 10.1 Å². The zero-order valence-corrected chi connectivity index (χ0v) is 12.1. The summed E-state index contributed by atoms with van der Waals surface area (Å²) in [4.78, 5) is 3.98. The van der Waals surface area contributed by atoms with Crippen molar-refractivity contribution in [3.8, 4) is 11.8 Å². The van der Waals surface area contributed by atoms with Gasteiger partial charge in [0, 0.05) is 18.3 Å². The smallest absolute Gasteiger partial charge is 0.146 e. The number of para-hydroxylation sites is 1. The third kappa shape index (κ3) is 3.83. The normalized spacial score (nSPS) is 9.95. The van der Waals surface area contributed by atoms with Crippen molar-refractivity contribution in [1.82, 2.24) is 0 Å². The highest BCUT2D eigenvalue weighted by atomic mass is 32.1. The molecule has 0 unspecified atom stereocenters. The fourth-order valence-electron chi connectivity index (χ4n) is 1.82. The zero-order valence-electron chi connectivity index (χ0n) is 11.3. The van der Waals surface area contributed by atoms with Crippen molar-refractivity contribution < 1.29 is 9.50 Å². The van der Waals surface area contributed by atoms with E-state index in [4.69, 9.17) is 5.11 Å². The van der Waals surface area contributed by atoms with Gasteiger partial charge in [0.05, 0.1) is 23.7 Å². The number of benzene rings is 1. The highest BCUT2D eigenvalue weighted by Gasteiger charge is 2.08. The van der Waals surface area contributed by atoms with Crippen molar-refractivity contribution in [3.05, 3.63) is 52.0 Å². The molecule has 0 saturated heterocycles. The molecule has 0 fully saturated rings. The molecule has 0 saturated carbocycles. The Morgan fingerprint density at radius 2 is 2.05 bits per heavy atom. The predicted octanol–water partition coefficient (Wildman–Crippen LogP) is 3.26. The lowest BCUT2D eigenvalue weighted by atomic mass is 10.3. The lowest BCUT2D eigenvalue weighted by molar-refractivity contribution is 0.305. The van der Waals surface area contributed by atoms with Crippen molar-refractivity contribution in [1.29, 1.82) is 0 Å². The molecule has 0 bridgehead atoms. The molecule has 4 heteroatoms. The largest absolute Gasteiger partial charge is 0.395 e. The number of anilines is 1. The quantitative estimate of drug-likeness (QED) is 0.873. The third-order valence-electron chi connectivity index (χ3n) is 2.77. The van der Waals surface area contributed by atoms with E-state index in [2.05, 4.69) is 11.8 Å². The standard InChI is InChI=1S/C16H16FNOS/c1-18(16-8-3-2-7-15(16)17)12-14-10-9-13(20-14)6-4-5-11-19/h2-3,7-10,19H,5,11-12H2,1H3. The summed E-state index contributed by atoms with van der Waals surface area (Å²) < 4.78 is 13.7. The van der Waals surface area contributed by atoms with Crippen LogP contribution in [0.15, 0.2) is 36.4 Å². The maximum absolute atomic E-state index is 13.7. The zero-order chi connectivity index (χ0) is 14.4. The molecule has 0 spiro atoms. The Kier molecular flexibility index (Phi) is 5.16. The van der Waals surface area contributed by atoms with E-state index in [9.17, 15) is 4.39 Å². The topological polar surface area (TPSA) is 23.5 Å². The summed E-state index contributed by atoms with van der Waals surface area (Å²) in [6.45, 7) is 0.731. The predicted molar refractivity (Wildman–Crippen MR) is 81.4 cm³/mol. The molecule has 0 amide bonds. The first-order valence-corrected chi connectivity index (χ1v) is 7.16. The number of thiophene rings is 1. The average molecular weight is 289 g/mol. The summed E-state index contributed by atoms with van der Waals surface area (Å²) >= 11 is 1.59. The molecule has 0 aliphatic carbocycles. The van der Waals surface area contributed by atoms with Crippen LogP contribution in [-0.2, 0) is 6.54 Å². The Labute approximate surface area is 122 Å². The number of aliphatic hydroxyl groups excluding tert-OH is 1. The van der Waals surface area contributed by atoms with E-state index >= 15 is 0 Å². The Morgan fingerprint density at radius 1 is 1.25 bits per heavy atom. The van der Waals surface area contributed by atoms with Gasteiger partial charge < -0.3 is 10.0 Å². The third-order valence-corrected chi connectivity index (χ3v) is 3.75. The van der Waals surface area contributed by atoms with E-state index in [1.54, 1.807) is 23.5 Å². The monoisotopic (exact) mass is 289 g/mol. The summed E-state index contributed by atoms with van der Waals surface area (Å²) in [6.07, 6.45) is 0.488. The second-order valence-electron chi connectivity index (χ2n) is 4.35. The van der Waals surface area contributed by atoms with Crippen LogP contribution in [0, 0.1) is 17.7 Å². The summed E-state index contributed by atoms with van der Waals surface area (Å²) in [5.41, 5.74) is 0.591. The van der Waals surface area contributed by atoms with Gasteiger partial charge in [-0.15, -0.1) is 11.3 Å². The minimum atomic E-state index is -0.213. The maximum atomic E-state index is 13.7. The van der Waals surface area contributed by atoms with Crippen LogP contribution < -0.4 is 4.90 Å². The lowest BCUT2D eigenvalue weighted by Gasteiger charge is -2.18. The van der Waals surface area contributed by atoms with E-state index in [1.807, 2.05) is 30.1 Å². The Balaban J connectivity index is 2.04. The molecule has 2 rings (SSSR count). The first-order valence-electron chi connectivity index (χ1n) is 6.35. The number of halogens is 1. The van der Waals surface area contributed by atoms with Gasteiger partial charge in [-0.2, -0.15) is 0 Å². The van der Waals surface area contributed by atoms with Gasteiger partial charge in [0.15, 0.2) is 0 Å². The summed E-state index contributed by atoms with van der Waals surface area (Å²) in [6, 6.07) is 10.7. The molecule has 0 radical (unpaired) electrons. The molecular formula is C16H16FNOS. The van der Waals surface area contributed by atoms with Crippen LogP contribution in [0.25, 0.3) is 0 Å². The Morgan fingerprint density at radius 3 is 2.80 bits per heavy atom. The highest BCUT2D eigenvalue weighted by Crippen LogP contribution is 2.22. The van der Waals surface area contributed by atoms with E-state index in [-0.39, 0.29) is 12.4 Å². The molecule has 2 nitrogen and oxygen atoms in total. The second-order valence-corrected chi connectivity index (χ2v) is 5.52. The van der Waals surface area contributed by atoms with E-state index in [0.717, 1.165) is 9.75 Å². The summed E-state index contributed by atoms with van der Waals surface area (Å²) in [7, 11) is 1.87. The number of nitrogens with zero attached hydrogens (tertiary/aromatic N) is 1. The van der Waals surface area contributed by atoms with Crippen LogP contribution in [0.3, 0.4) is 0 Å². The van der Waals surface area contributed by atoms with Crippen molar-refractivity contribution in [2.45, 2.75) is 13.0 Å². The first-order chi connectivity index (χ1) is 9.70. The molecule has 104 valence electrons. The molecule has 0 atom stereocenters. The molecule has 1 aromatic heterocycles. The minimum absolute atomic E-state index is 0.0846. The van der Waals surface area contributed by atoms with Crippen molar-refractivity contribution in [2.75, 3.05) is 18.6 Å². The number of aliphatic hydroxyl groups is 1. The minimum Gasteiger partial charge on any atom is -0.395 e. The van der Waals surface area contributed by atoms with E-state index in [1.165, 1.54) is 6.07 Å². The molecule has 2 aromatic rings. The van der Waals surface area contributed by atoms with Gasteiger partial charge >= 0.3 is 0 Å². The van der Waals surface area contributed by atoms with Crippen LogP contribution in [0.1, 0.15) is 16.2 Å². The SMILES string of the molecule is CN(Cc1ccc(C#CCCO)s1)c1ccccc1F. The molecule has 0 aliphatic rings. The van der Waals surface area contributed by atoms with Gasteiger partial charge in [-0.25, -0.2) is 4.39 Å². The molecule has 1 heterocycles. The van der Waals surface area contributed by atoms with Crippen LogP contribution in [0.2, 0.25) is 0 Å². The molecule has 20 heavy (non-hydrogen) atoms. The Bertz CT molecular complexity index is 627. The van der Waals surface area contributed by atoms with Gasteiger partial charge in [-0.3, -0.25) is 0 Å². The molecule has 1 aromatic carbocycles. The second kappa shape index (κ2) is 7.09. The van der Waals surface area contributed by atoms with E-state index < -0.39 is 0 Å². The van der Waals surface area contributed by atoms with E-state index in [0.29, 0.717) is 18.7 Å². The van der Waals surface area contributed by atoms with Crippen LogP contribution in [0.5, 0.6) is 0 Å². The van der Waals surface area contributed by atoms with Crippen LogP contribution >= 0.6 is 11.3 Å². The Hall–Kier alpha value is -1.83. The molecule has 1 N–H and O–H groups in total. The number of hydrogen-bond acceptors (Lipinski definition) is 3. The number of rotatable bonds is 4. The molecule has 0 aliphatic heterocycles. The fraction of sp³-hybridized carbons (Fsp3) is 0.250. The van der Waals surface area contributed by atoms with Crippen molar-refractivity contribution in [2.24, 2.45) is 0 Å². The van der Waals surface area contributed by atoms with Gasteiger partial charge in [-0.05, 0) is 24.3 Å². The van der Waals surface area contributed by atoms with Gasteiger partial charge in [0.2, 0.25) is 0 Å². The highest BCUT2D eigenvalue weighted by molar-refractivity contribution is 7.12. The van der Waals surface area contributed by atoms with Crippen molar-refractivity contribution in [3.63, 3.8) is 0 Å². The lowest BCUT2D eigenvalue weighted by Crippen LogP contribution is -2.16. The first kappa shape index (κ1) is 14.6. The molecular weight excluding hydrogens is 273 g/mol. The van der Waals surface area contributed by atoms with Gasteiger partial charge in [0.25, 0.3) is 0 Å². The maximum Gasteiger partial charge on any atom is 0.146 e. The van der Waals surface area contributed by atoms with Crippen LogP contribution in [-0.4, -0.2) is 18.8 Å². The summed E-state index contributed by atoms with van der Waals surface area (Å²) in [5, 5.41) is 8.68. The average Bonchev–Trinajstić information content (AvgIpc) is 2.87. The van der Waals surface area contributed by atoms with Gasteiger partial charge in [-0.1, -0.05) is 24.0 Å². The van der Waals surface area contributed by atoms with Gasteiger partial charge in [0.1, 0.15) is 5.82 Å². The van der Waals surface area contributed by atoms with Crippen molar-refractivity contribution >= 4 is 17.0 Å².